The number of amides is 1. The zero-order valence-electron chi connectivity index (χ0n) is 16.4. The number of ether oxygens (including phenoxy) is 1. The summed E-state index contributed by atoms with van der Waals surface area (Å²) in [6.45, 7) is 0.729. The lowest BCUT2D eigenvalue weighted by Crippen LogP contribution is -2.42. The Morgan fingerprint density at radius 2 is 2.07 bits per heavy atom. The Kier molecular flexibility index (Phi) is 4.50. The number of hydrogen-bond acceptors (Lipinski definition) is 5. The first-order chi connectivity index (χ1) is 14.2. The van der Waals surface area contributed by atoms with Crippen molar-refractivity contribution in [2.24, 2.45) is 0 Å². The van der Waals surface area contributed by atoms with Crippen LogP contribution in [-0.4, -0.2) is 49.7 Å². The van der Waals surface area contributed by atoms with Gasteiger partial charge in [0.1, 0.15) is 11.6 Å². The first kappa shape index (κ1) is 17.8. The van der Waals surface area contributed by atoms with Crippen LogP contribution < -0.4 is 4.74 Å². The van der Waals surface area contributed by atoms with Crippen molar-refractivity contribution in [1.82, 2.24) is 24.6 Å². The summed E-state index contributed by atoms with van der Waals surface area (Å²) in [6.07, 6.45) is 6.73. The topological polar surface area (TPSA) is 73.1 Å². The molecule has 4 heterocycles. The molecule has 0 aliphatic carbocycles. The largest absolute Gasteiger partial charge is 0.497 e. The minimum Gasteiger partial charge on any atom is -0.497 e. The third-order valence-corrected chi connectivity index (χ3v) is 5.96. The molecule has 1 aromatic carbocycles. The molecule has 1 saturated heterocycles. The normalized spacial score (nSPS) is 20.2. The SMILES string of the molecule is COc1cccc(CC(=O)N2[C@@H]3CC[C@H]2Cc2nnc(-c4cccnc4)n2C3)c1. The Hall–Kier alpha value is -3.22. The van der Waals surface area contributed by atoms with Gasteiger partial charge in [0.25, 0.3) is 0 Å². The number of methoxy groups -OCH3 is 1. The number of carbonyl (C=O) groups is 1. The van der Waals surface area contributed by atoms with Gasteiger partial charge in [0, 0.05) is 37.0 Å². The van der Waals surface area contributed by atoms with Gasteiger partial charge in [-0.25, -0.2) is 0 Å². The molecule has 2 atom stereocenters. The van der Waals surface area contributed by atoms with Gasteiger partial charge < -0.3 is 14.2 Å². The highest BCUT2D eigenvalue weighted by molar-refractivity contribution is 5.80. The van der Waals surface area contributed by atoms with Gasteiger partial charge in [-0.1, -0.05) is 12.1 Å². The number of carbonyl (C=O) groups excluding carboxylic acids is 1. The maximum atomic E-state index is 13.2. The van der Waals surface area contributed by atoms with E-state index in [1.807, 2.05) is 42.6 Å². The van der Waals surface area contributed by atoms with Crippen LogP contribution in [0.5, 0.6) is 5.75 Å². The van der Waals surface area contributed by atoms with Crippen LogP contribution in [0.1, 0.15) is 24.2 Å². The van der Waals surface area contributed by atoms with E-state index in [0.29, 0.717) is 6.42 Å². The third-order valence-electron chi connectivity index (χ3n) is 5.96. The van der Waals surface area contributed by atoms with E-state index in [2.05, 4.69) is 24.6 Å². The first-order valence-corrected chi connectivity index (χ1v) is 9.99. The molecular weight excluding hydrogens is 366 g/mol. The summed E-state index contributed by atoms with van der Waals surface area (Å²) in [5, 5.41) is 8.86. The molecule has 0 unspecified atom stereocenters. The number of nitrogens with zero attached hydrogens (tertiary/aromatic N) is 5. The molecule has 2 bridgehead atoms. The predicted octanol–water partition coefficient (Wildman–Crippen LogP) is 2.51. The summed E-state index contributed by atoms with van der Waals surface area (Å²) < 4.78 is 7.47. The van der Waals surface area contributed by atoms with Crippen LogP contribution in [0.2, 0.25) is 0 Å². The fourth-order valence-corrected chi connectivity index (χ4v) is 4.60. The lowest BCUT2D eigenvalue weighted by molar-refractivity contribution is -0.133. The van der Waals surface area contributed by atoms with E-state index in [-0.39, 0.29) is 18.0 Å². The minimum atomic E-state index is 0.172. The second kappa shape index (κ2) is 7.31. The number of aromatic nitrogens is 4. The highest BCUT2D eigenvalue weighted by Gasteiger charge is 2.41. The van der Waals surface area contributed by atoms with Gasteiger partial charge in [-0.05, 0) is 42.7 Å². The van der Waals surface area contributed by atoms with Gasteiger partial charge in [-0.2, -0.15) is 0 Å². The second-order valence-corrected chi connectivity index (χ2v) is 7.71. The maximum Gasteiger partial charge on any atom is 0.227 e. The van der Waals surface area contributed by atoms with E-state index in [1.54, 1.807) is 13.3 Å². The molecule has 2 aliphatic rings. The van der Waals surface area contributed by atoms with E-state index in [0.717, 1.165) is 54.3 Å². The molecule has 0 spiro atoms. The molecule has 0 radical (unpaired) electrons. The van der Waals surface area contributed by atoms with Crippen molar-refractivity contribution in [3.63, 3.8) is 0 Å². The Morgan fingerprint density at radius 1 is 1.17 bits per heavy atom. The van der Waals surface area contributed by atoms with E-state index in [4.69, 9.17) is 4.74 Å². The monoisotopic (exact) mass is 389 g/mol. The molecule has 0 N–H and O–H groups in total. The van der Waals surface area contributed by atoms with Crippen LogP contribution in [0.4, 0.5) is 0 Å². The minimum absolute atomic E-state index is 0.172. The molecule has 0 saturated carbocycles. The summed E-state index contributed by atoms with van der Waals surface area (Å²) in [4.78, 5) is 19.5. The number of fused-ring (bicyclic) bond motifs is 3. The summed E-state index contributed by atoms with van der Waals surface area (Å²) in [5.74, 6) is 2.74. The van der Waals surface area contributed by atoms with Gasteiger partial charge in [-0.3, -0.25) is 9.78 Å². The van der Waals surface area contributed by atoms with E-state index in [1.165, 1.54) is 0 Å². The molecule has 7 nitrogen and oxygen atoms in total. The second-order valence-electron chi connectivity index (χ2n) is 7.71. The van der Waals surface area contributed by atoms with Crippen molar-refractivity contribution in [3.8, 4) is 17.1 Å². The fraction of sp³-hybridized carbons (Fsp3) is 0.364. The zero-order chi connectivity index (χ0) is 19.8. The number of rotatable bonds is 4. The average Bonchev–Trinajstić information content (AvgIpc) is 3.28. The standard InChI is InChI=1S/C22H23N5O2/c1-29-19-6-2-4-15(10-19)11-21(28)27-17-7-8-18(27)14-26-20(12-17)24-25-22(26)16-5-3-9-23-13-16/h2-6,9-10,13,17-18H,7-8,11-12,14H2,1H3/t17-,18+/m0/s1. The van der Waals surface area contributed by atoms with Crippen molar-refractivity contribution in [1.29, 1.82) is 0 Å². The molecule has 148 valence electrons. The molecule has 2 aromatic heterocycles. The fourth-order valence-electron chi connectivity index (χ4n) is 4.60. The summed E-state index contributed by atoms with van der Waals surface area (Å²) >= 11 is 0. The molecule has 1 amide bonds. The smallest absolute Gasteiger partial charge is 0.227 e. The van der Waals surface area contributed by atoms with Crippen molar-refractivity contribution < 1.29 is 9.53 Å². The molecule has 29 heavy (non-hydrogen) atoms. The van der Waals surface area contributed by atoms with Crippen LogP contribution in [0.3, 0.4) is 0 Å². The summed E-state index contributed by atoms with van der Waals surface area (Å²) in [7, 11) is 1.64. The van der Waals surface area contributed by atoms with E-state index in [9.17, 15) is 4.79 Å². The number of pyridine rings is 1. The van der Waals surface area contributed by atoms with Crippen LogP contribution in [-0.2, 0) is 24.2 Å². The Labute approximate surface area is 169 Å². The molecule has 5 rings (SSSR count). The summed E-state index contributed by atoms with van der Waals surface area (Å²) in [5.41, 5.74) is 1.94. The Bertz CT molecular complexity index is 1030. The van der Waals surface area contributed by atoms with Crippen LogP contribution in [0.15, 0.2) is 48.8 Å². The number of benzene rings is 1. The van der Waals surface area contributed by atoms with Gasteiger partial charge in [0.05, 0.1) is 19.6 Å². The van der Waals surface area contributed by atoms with Gasteiger partial charge in [0.15, 0.2) is 5.82 Å². The Balaban J connectivity index is 1.40. The highest BCUT2D eigenvalue weighted by Crippen LogP contribution is 2.33. The van der Waals surface area contributed by atoms with Crippen LogP contribution >= 0.6 is 0 Å². The summed E-state index contributed by atoms with van der Waals surface area (Å²) in [6, 6.07) is 12.0. The predicted molar refractivity (Wildman–Crippen MR) is 107 cm³/mol. The van der Waals surface area contributed by atoms with Crippen molar-refractivity contribution >= 4 is 5.91 Å². The molecule has 7 heteroatoms. The number of hydrogen-bond donors (Lipinski definition) is 0. The quantitative estimate of drug-likeness (QED) is 0.686. The molecule has 3 aromatic rings. The zero-order valence-corrected chi connectivity index (χ0v) is 16.4. The van der Waals surface area contributed by atoms with Crippen molar-refractivity contribution in [2.75, 3.05) is 7.11 Å². The Morgan fingerprint density at radius 3 is 2.90 bits per heavy atom. The van der Waals surface area contributed by atoms with Crippen molar-refractivity contribution in [2.45, 2.75) is 44.3 Å². The molecule has 2 aliphatic heterocycles. The molecule has 1 fully saturated rings. The maximum absolute atomic E-state index is 13.2. The van der Waals surface area contributed by atoms with Gasteiger partial charge >= 0.3 is 0 Å². The van der Waals surface area contributed by atoms with E-state index < -0.39 is 0 Å². The van der Waals surface area contributed by atoms with Crippen LogP contribution in [0, 0.1) is 0 Å². The highest BCUT2D eigenvalue weighted by atomic mass is 16.5. The lowest BCUT2D eigenvalue weighted by atomic mass is 10.1. The third kappa shape index (κ3) is 3.26. The van der Waals surface area contributed by atoms with Gasteiger partial charge in [-0.15, -0.1) is 10.2 Å². The van der Waals surface area contributed by atoms with Crippen molar-refractivity contribution in [3.05, 3.63) is 60.2 Å². The first-order valence-electron chi connectivity index (χ1n) is 9.99. The molecular formula is C22H23N5O2. The van der Waals surface area contributed by atoms with Crippen LogP contribution in [0.25, 0.3) is 11.4 Å². The average molecular weight is 389 g/mol. The lowest BCUT2D eigenvalue weighted by Gasteiger charge is -2.28. The van der Waals surface area contributed by atoms with Gasteiger partial charge in [0.2, 0.25) is 5.91 Å². The van der Waals surface area contributed by atoms with E-state index >= 15 is 0 Å².